The SMILES string of the molecule is CC1CCCN(CC2C(=O)O[C@@H]3C[C@@]4(C)CCC[C@H](C)C45OC5[C@H]23)C1. The van der Waals surface area contributed by atoms with Crippen molar-refractivity contribution < 1.29 is 14.3 Å². The number of hydrogen-bond acceptors (Lipinski definition) is 4. The Kier molecular flexibility index (Phi) is 3.61. The second-order valence-electron chi connectivity index (χ2n) is 10.1. The third-order valence-electron chi connectivity index (χ3n) is 8.39. The summed E-state index contributed by atoms with van der Waals surface area (Å²) in [4.78, 5) is 15.3. The number of esters is 1. The van der Waals surface area contributed by atoms with Gasteiger partial charge < -0.3 is 14.4 Å². The predicted octanol–water partition coefficient (Wildman–Crippen LogP) is 3.24. The van der Waals surface area contributed by atoms with Crippen LogP contribution in [0, 0.1) is 29.1 Å². The van der Waals surface area contributed by atoms with Crippen LogP contribution >= 0.6 is 0 Å². The monoisotopic (exact) mass is 347 g/mol. The molecule has 2 aliphatic carbocycles. The molecule has 140 valence electrons. The molecular weight excluding hydrogens is 314 g/mol. The van der Waals surface area contributed by atoms with Crippen molar-refractivity contribution in [3.05, 3.63) is 0 Å². The molecule has 3 saturated heterocycles. The fraction of sp³-hybridized carbons (Fsp3) is 0.952. The van der Waals surface area contributed by atoms with Gasteiger partial charge in [-0.2, -0.15) is 0 Å². The van der Waals surface area contributed by atoms with Crippen molar-refractivity contribution in [2.24, 2.45) is 29.1 Å². The van der Waals surface area contributed by atoms with Gasteiger partial charge in [0.2, 0.25) is 0 Å². The molecule has 5 fully saturated rings. The number of fused-ring (bicyclic) bond motifs is 2. The van der Waals surface area contributed by atoms with Crippen molar-refractivity contribution in [1.82, 2.24) is 4.90 Å². The lowest BCUT2D eigenvalue weighted by Gasteiger charge is -2.49. The van der Waals surface area contributed by atoms with Crippen molar-refractivity contribution >= 4 is 5.97 Å². The topological polar surface area (TPSA) is 42.1 Å². The zero-order valence-electron chi connectivity index (χ0n) is 16.0. The van der Waals surface area contributed by atoms with Crippen LogP contribution in [0.1, 0.15) is 59.3 Å². The van der Waals surface area contributed by atoms with E-state index in [1.165, 1.54) is 32.1 Å². The predicted molar refractivity (Wildman–Crippen MR) is 95.0 cm³/mol. The zero-order chi connectivity index (χ0) is 17.4. The lowest BCUT2D eigenvalue weighted by Crippen LogP contribution is -2.54. The van der Waals surface area contributed by atoms with E-state index in [0.717, 1.165) is 32.0 Å². The molecule has 25 heavy (non-hydrogen) atoms. The van der Waals surface area contributed by atoms with Crippen LogP contribution in [-0.2, 0) is 14.3 Å². The van der Waals surface area contributed by atoms with Crippen molar-refractivity contribution in [2.45, 2.75) is 77.1 Å². The molecule has 0 radical (unpaired) electrons. The Morgan fingerprint density at radius 2 is 2.08 bits per heavy atom. The Morgan fingerprint density at radius 1 is 1.24 bits per heavy atom. The minimum atomic E-state index is 0.0263. The molecule has 3 heterocycles. The Bertz CT molecular complexity index is 579. The summed E-state index contributed by atoms with van der Waals surface area (Å²) in [7, 11) is 0. The molecule has 2 saturated carbocycles. The minimum Gasteiger partial charge on any atom is -0.462 e. The van der Waals surface area contributed by atoms with Gasteiger partial charge in [0.05, 0.1) is 12.0 Å². The summed E-state index contributed by atoms with van der Waals surface area (Å²) in [6, 6.07) is 0. The molecule has 3 aliphatic heterocycles. The largest absolute Gasteiger partial charge is 0.462 e. The molecule has 4 unspecified atom stereocenters. The number of likely N-dealkylation sites (tertiary alicyclic amines) is 1. The summed E-state index contributed by atoms with van der Waals surface area (Å²) in [6.45, 7) is 10.2. The van der Waals surface area contributed by atoms with Crippen LogP contribution in [0.25, 0.3) is 0 Å². The van der Waals surface area contributed by atoms with Crippen molar-refractivity contribution in [2.75, 3.05) is 19.6 Å². The lowest BCUT2D eigenvalue weighted by atomic mass is 9.53. The smallest absolute Gasteiger partial charge is 0.311 e. The Hall–Kier alpha value is -0.610. The fourth-order valence-corrected chi connectivity index (χ4v) is 7.17. The summed E-state index contributed by atoms with van der Waals surface area (Å²) in [6.07, 6.45) is 7.72. The first-order valence-corrected chi connectivity index (χ1v) is 10.6. The van der Waals surface area contributed by atoms with Gasteiger partial charge in [0.15, 0.2) is 0 Å². The number of rotatable bonds is 2. The van der Waals surface area contributed by atoms with Gasteiger partial charge in [-0.25, -0.2) is 0 Å². The molecule has 0 amide bonds. The summed E-state index contributed by atoms with van der Waals surface area (Å²) in [5, 5.41) is 0. The maximum absolute atomic E-state index is 12.7. The number of piperidine rings is 1. The van der Waals surface area contributed by atoms with Gasteiger partial charge in [-0.05, 0) is 50.5 Å². The molecular formula is C21H33NO3. The molecule has 1 spiro atoms. The number of carbonyl (C=O) groups excluding carboxylic acids is 1. The molecule has 5 aliphatic rings. The summed E-state index contributed by atoms with van der Waals surface area (Å²) < 4.78 is 12.5. The van der Waals surface area contributed by atoms with Crippen LogP contribution in [-0.4, -0.2) is 48.3 Å². The van der Waals surface area contributed by atoms with Gasteiger partial charge in [0, 0.05) is 24.4 Å². The maximum Gasteiger partial charge on any atom is 0.311 e. The van der Waals surface area contributed by atoms with Gasteiger partial charge in [-0.3, -0.25) is 4.79 Å². The average Bonchev–Trinajstić information content (AvgIpc) is 3.23. The van der Waals surface area contributed by atoms with Gasteiger partial charge in [-0.1, -0.05) is 27.2 Å². The van der Waals surface area contributed by atoms with E-state index in [9.17, 15) is 4.79 Å². The van der Waals surface area contributed by atoms with E-state index in [-0.39, 0.29) is 35.1 Å². The van der Waals surface area contributed by atoms with Crippen LogP contribution in [0.15, 0.2) is 0 Å². The van der Waals surface area contributed by atoms with E-state index in [1.54, 1.807) is 0 Å². The molecule has 0 aromatic heterocycles. The highest BCUT2D eigenvalue weighted by Gasteiger charge is 2.78. The number of ether oxygens (including phenoxy) is 2. The van der Waals surface area contributed by atoms with Gasteiger partial charge in [0.1, 0.15) is 11.7 Å². The van der Waals surface area contributed by atoms with Crippen LogP contribution in [0.4, 0.5) is 0 Å². The number of carbonyl (C=O) groups is 1. The first-order chi connectivity index (χ1) is 11.9. The molecule has 5 rings (SSSR count). The highest BCUT2D eigenvalue weighted by atomic mass is 16.6. The quantitative estimate of drug-likeness (QED) is 0.568. The highest BCUT2D eigenvalue weighted by molar-refractivity contribution is 5.76. The van der Waals surface area contributed by atoms with Crippen LogP contribution in [0.3, 0.4) is 0 Å². The van der Waals surface area contributed by atoms with Gasteiger partial charge in [0.25, 0.3) is 0 Å². The Balaban J connectivity index is 1.39. The molecule has 0 bridgehead atoms. The first kappa shape index (κ1) is 16.6. The van der Waals surface area contributed by atoms with Crippen LogP contribution < -0.4 is 0 Å². The second-order valence-corrected chi connectivity index (χ2v) is 10.1. The van der Waals surface area contributed by atoms with E-state index in [0.29, 0.717) is 11.8 Å². The number of hydrogen-bond donors (Lipinski definition) is 0. The molecule has 8 atom stereocenters. The van der Waals surface area contributed by atoms with Crippen LogP contribution in [0.5, 0.6) is 0 Å². The van der Waals surface area contributed by atoms with Crippen molar-refractivity contribution in [3.63, 3.8) is 0 Å². The summed E-state index contributed by atoms with van der Waals surface area (Å²) in [5.74, 6) is 1.73. The van der Waals surface area contributed by atoms with Crippen molar-refractivity contribution in [1.29, 1.82) is 0 Å². The third kappa shape index (κ3) is 2.22. The average molecular weight is 347 g/mol. The highest BCUT2D eigenvalue weighted by Crippen LogP contribution is 2.70. The third-order valence-corrected chi connectivity index (χ3v) is 8.39. The molecule has 4 nitrogen and oxygen atoms in total. The van der Waals surface area contributed by atoms with Gasteiger partial charge >= 0.3 is 5.97 Å². The minimum absolute atomic E-state index is 0.0263. The number of epoxide rings is 1. The zero-order valence-corrected chi connectivity index (χ0v) is 16.0. The summed E-state index contributed by atoms with van der Waals surface area (Å²) in [5.41, 5.74) is 0.235. The maximum atomic E-state index is 12.7. The Labute approximate surface area is 151 Å². The molecule has 0 aromatic rings. The molecule has 0 aromatic carbocycles. The van der Waals surface area contributed by atoms with E-state index in [2.05, 4.69) is 25.7 Å². The van der Waals surface area contributed by atoms with E-state index in [1.807, 2.05) is 0 Å². The Morgan fingerprint density at radius 3 is 2.88 bits per heavy atom. The molecule has 4 heteroatoms. The molecule has 0 N–H and O–H groups in total. The number of nitrogens with zero attached hydrogens (tertiary/aromatic N) is 1. The second kappa shape index (κ2) is 5.45. The van der Waals surface area contributed by atoms with Crippen molar-refractivity contribution in [3.8, 4) is 0 Å². The standard InChI is InChI=1S/C21H33NO3/c1-13-6-5-9-22(11-13)12-15-17-16(24-19(15)23)10-20(3)8-4-7-14(2)21(20)18(17)25-21/h13-18H,4-12H2,1-3H3/t13?,14-,15?,16+,17+,18?,20+,21?/m0/s1. The van der Waals surface area contributed by atoms with E-state index in [4.69, 9.17) is 9.47 Å². The first-order valence-electron chi connectivity index (χ1n) is 10.6. The van der Waals surface area contributed by atoms with E-state index < -0.39 is 0 Å². The lowest BCUT2D eigenvalue weighted by molar-refractivity contribution is -0.146. The normalized spacial score (nSPS) is 55.1. The fourth-order valence-electron chi connectivity index (χ4n) is 7.17. The summed E-state index contributed by atoms with van der Waals surface area (Å²) >= 11 is 0. The van der Waals surface area contributed by atoms with E-state index >= 15 is 0 Å². The van der Waals surface area contributed by atoms with Gasteiger partial charge in [-0.15, -0.1) is 0 Å². The van der Waals surface area contributed by atoms with Crippen LogP contribution in [0.2, 0.25) is 0 Å².